The molecule has 0 radical (unpaired) electrons. The van der Waals surface area contributed by atoms with Gasteiger partial charge in [-0.1, -0.05) is 30.3 Å². The number of carbonyl (C=O) groups excluding carboxylic acids is 1. The molecular formula is C18H21NO2S. The maximum absolute atomic E-state index is 11.5. The molecule has 0 aliphatic carbocycles. The highest BCUT2D eigenvalue weighted by molar-refractivity contribution is 7.99. The van der Waals surface area contributed by atoms with E-state index >= 15 is 0 Å². The van der Waals surface area contributed by atoms with Gasteiger partial charge in [-0.25, -0.2) is 0 Å². The van der Waals surface area contributed by atoms with E-state index in [0.717, 1.165) is 17.3 Å². The highest BCUT2D eigenvalue weighted by Crippen LogP contribution is 2.22. The minimum atomic E-state index is 0.0871. The van der Waals surface area contributed by atoms with Crippen LogP contribution in [0.1, 0.15) is 19.4 Å². The van der Waals surface area contributed by atoms with Crippen molar-refractivity contribution in [2.24, 2.45) is 0 Å². The molecule has 0 aromatic heterocycles. The second kappa shape index (κ2) is 8.49. The summed E-state index contributed by atoms with van der Waals surface area (Å²) in [6, 6.07) is 17.9. The van der Waals surface area contributed by atoms with Crippen LogP contribution in [0.25, 0.3) is 0 Å². The molecule has 0 bridgehead atoms. The molecule has 22 heavy (non-hydrogen) atoms. The van der Waals surface area contributed by atoms with E-state index in [1.54, 1.807) is 11.8 Å². The summed E-state index contributed by atoms with van der Waals surface area (Å²) in [7, 11) is 0. The largest absolute Gasteiger partial charge is 0.457 e. The van der Waals surface area contributed by atoms with Crippen LogP contribution in [0.5, 0.6) is 11.5 Å². The van der Waals surface area contributed by atoms with Gasteiger partial charge in [-0.05, 0) is 43.7 Å². The first-order valence-electron chi connectivity index (χ1n) is 7.32. The summed E-state index contributed by atoms with van der Waals surface area (Å²) in [5.41, 5.74) is 1.18. The number of para-hydroxylation sites is 1. The molecule has 0 aliphatic rings. The van der Waals surface area contributed by atoms with Gasteiger partial charge in [0.1, 0.15) is 11.5 Å². The minimum absolute atomic E-state index is 0.0871. The zero-order valence-corrected chi connectivity index (χ0v) is 13.7. The summed E-state index contributed by atoms with van der Waals surface area (Å²) in [6.45, 7) is 3.93. The fourth-order valence-electron chi connectivity index (χ4n) is 1.90. The molecule has 1 amide bonds. The van der Waals surface area contributed by atoms with Crippen molar-refractivity contribution in [3.8, 4) is 11.5 Å². The molecule has 0 heterocycles. The summed E-state index contributed by atoms with van der Waals surface area (Å²) in [5.74, 6) is 3.04. The number of hydrogen-bond acceptors (Lipinski definition) is 3. The maximum atomic E-state index is 11.5. The van der Waals surface area contributed by atoms with Crippen molar-refractivity contribution >= 4 is 17.7 Å². The fourth-order valence-corrected chi connectivity index (χ4v) is 2.70. The smallest absolute Gasteiger partial charge is 0.230 e. The molecule has 2 aromatic rings. The molecule has 0 fully saturated rings. The van der Waals surface area contributed by atoms with Crippen LogP contribution in [0, 0.1) is 0 Å². The van der Waals surface area contributed by atoms with Crippen molar-refractivity contribution < 1.29 is 9.53 Å². The first kappa shape index (κ1) is 16.4. The van der Waals surface area contributed by atoms with E-state index in [1.165, 1.54) is 5.56 Å². The summed E-state index contributed by atoms with van der Waals surface area (Å²) in [4.78, 5) is 11.5. The molecule has 0 saturated carbocycles. The molecule has 1 N–H and O–H groups in total. The Hall–Kier alpha value is -1.94. The standard InChI is InChI=1S/C18H21NO2S/c1-14(2)19-18(20)13-22-12-15-8-10-17(11-9-15)21-16-6-4-3-5-7-16/h3-11,14H,12-13H2,1-2H3,(H,19,20). The third-order valence-corrected chi connectivity index (χ3v) is 3.86. The molecule has 0 saturated heterocycles. The van der Waals surface area contributed by atoms with Crippen LogP contribution < -0.4 is 10.1 Å². The lowest BCUT2D eigenvalue weighted by Gasteiger charge is -2.08. The van der Waals surface area contributed by atoms with Gasteiger partial charge >= 0.3 is 0 Å². The quantitative estimate of drug-likeness (QED) is 0.830. The van der Waals surface area contributed by atoms with Crippen LogP contribution >= 0.6 is 11.8 Å². The lowest BCUT2D eigenvalue weighted by molar-refractivity contribution is -0.119. The van der Waals surface area contributed by atoms with E-state index in [0.29, 0.717) is 5.75 Å². The Morgan fingerprint density at radius 1 is 1.05 bits per heavy atom. The Bertz CT molecular complexity index is 582. The fraction of sp³-hybridized carbons (Fsp3) is 0.278. The van der Waals surface area contributed by atoms with Crippen LogP contribution in [0.3, 0.4) is 0 Å². The van der Waals surface area contributed by atoms with Gasteiger partial charge in [0.15, 0.2) is 0 Å². The maximum Gasteiger partial charge on any atom is 0.230 e. The number of thioether (sulfide) groups is 1. The summed E-state index contributed by atoms with van der Waals surface area (Å²) in [5, 5.41) is 2.89. The Balaban J connectivity index is 1.78. The zero-order chi connectivity index (χ0) is 15.8. The predicted molar refractivity (Wildman–Crippen MR) is 92.4 cm³/mol. The van der Waals surface area contributed by atoms with Gasteiger partial charge in [0.05, 0.1) is 5.75 Å². The first-order valence-corrected chi connectivity index (χ1v) is 8.48. The normalized spacial score (nSPS) is 10.5. The van der Waals surface area contributed by atoms with Gasteiger partial charge in [0.2, 0.25) is 5.91 Å². The van der Waals surface area contributed by atoms with Crippen molar-refractivity contribution in [2.45, 2.75) is 25.6 Å². The van der Waals surface area contributed by atoms with Gasteiger partial charge < -0.3 is 10.1 Å². The highest BCUT2D eigenvalue weighted by Gasteiger charge is 2.04. The number of rotatable bonds is 7. The average molecular weight is 315 g/mol. The molecule has 0 spiro atoms. The SMILES string of the molecule is CC(C)NC(=O)CSCc1ccc(Oc2ccccc2)cc1. The molecule has 3 nitrogen and oxygen atoms in total. The number of amides is 1. The molecule has 0 atom stereocenters. The summed E-state index contributed by atoms with van der Waals surface area (Å²) < 4.78 is 5.75. The molecule has 0 aliphatic heterocycles. The lowest BCUT2D eigenvalue weighted by Crippen LogP contribution is -2.31. The van der Waals surface area contributed by atoms with Crippen molar-refractivity contribution in [3.05, 3.63) is 60.2 Å². The van der Waals surface area contributed by atoms with Gasteiger partial charge in [0, 0.05) is 11.8 Å². The Labute approximate surface area is 136 Å². The van der Waals surface area contributed by atoms with Gasteiger partial charge in [0.25, 0.3) is 0 Å². The highest BCUT2D eigenvalue weighted by atomic mass is 32.2. The topological polar surface area (TPSA) is 38.3 Å². The number of hydrogen-bond donors (Lipinski definition) is 1. The van der Waals surface area contributed by atoms with Crippen molar-refractivity contribution in [1.82, 2.24) is 5.32 Å². The number of carbonyl (C=O) groups is 1. The van der Waals surface area contributed by atoms with E-state index in [2.05, 4.69) is 5.32 Å². The van der Waals surface area contributed by atoms with Crippen LogP contribution in [-0.2, 0) is 10.5 Å². The van der Waals surface area contributed by atoms with E-state index in [1.807, 2.05) is 68.4 Å². The second-order valence-electron chi connectivity index (χ2n) is 5.27. The van der Waals surface area contributed by atoms with Crippen LogP contribution in [0.4, 0.5) is 0 Å². The Morgan fingerprint density at radius 2 is 1.68 bits per heavy atom. The van der Waals surface area contributed by atoms with Crippen molar-refractivity contribution in [2.75, 3.05) is 5.75 Å². The van der Waals surface area contributed by atoms with Gasteiger partial charge in [-0.15, -0.1) is 11.8 Å². The molecule has 2 aromatic carbocycles. The van der Waals surface area contributed by atoms with E-state index in [9.17, 15) is 4.79 Å². The van der Waals surface area contributed by atoms with Crippen molar-refractivity contribution in [3.63, 3.8) is 0 Å². The van der Waals surface area contributed by atoms with Crippen LogP contribution in [0.2, 0.25) is 0 Å². The Morgan fingerprint density at radius 3 is 2.32 bits per heavy atom. The van der Waals surface area contributed by atoms with Crippen LogP contribution in [0.15, 0.2) is 54.6 Å². The summed E-state index contributed by atoms with van der Waals surface area (Å²) in [6.07, 6.45) is 0. The Kier molecular flexibility index (Phi) is 6.34. The van der Waals surface area contributed by atoms with E-state index < -0.39 is 0 Å². The molecule has 116 valence electrons. The van der Waals surface area contributed by atoms with E-state index in [4.69, 9.17) is 4.74 Å². The third-order valence-electron chi connectivity index (χ3n) is 2.85. The molecule has 4 heteroatoms. The lowest BCUT2D eigenvalue weighted by atomic mass is 10.2. The molecule has 0 unspecified atom stereocenters. The first-order chi connectivity index (χ1) is 10.6. The van der Waals surface area contributed by atoms with E-state index in [-0.39, 0.29) is 11.9 Å². The second-order valence-corrected chi connectivity index (χ2v) is 6.26. The predicted octanol–water partition coefficient (Wildman–Crippen LogP) is 4.24. The number of benzene rings is 2. The zero-order valence-electron chi connectivity index (χ0n) is 12.9. The number of ether oxygens (including phenoxy) is 1. The summed E-state index contributed by atoms with van der Waals surface area (Å²) >= 11 is 1.61. The van der Waals surface area contributed by atoms with Gasteiger partial charge in [-0.3, -0.25) is 4.79 Å². The van der Waals surface area contributed by atoms with Crippen LogP contribution in [-0.4, -0.2) is 17.7 Å². The van der Waals surface area contributed by atoms with Crippen molar-refractivity contribution in [1.29, 1.82) is 0 Å². The molecular weight excluding hydrogens is 294 g/mol. The third kappa shape index (κ3) is 5.82. The number of nitrogens with one attached hydrogen (secondary N) is 1. The average Bonchev–Trinajstić information content (AvgIpc) is 2.49. The monoisotopic (exact) mass is 315 g/mol. The van der Waals surface area contributed by atoms with Gasteiger partial charge in [-0.2, -0.15) is 0 Å². The minimum Gasteiger partial charge on any atom is -0.457 e. The molecule has 2 rings (SSSR count).